The fourth-order valence-electron chi connectivity index (χ4n) is 3.99. The lowest BCUT2D eigenvalue weighted by Gasteiger charge is -2.34. The van der Waals surface area contributed by atoms with E-state index in [2.05, 4.69) is 27.9 Å². The zero-order valence-corrected chi connectivity index (χ0v) is 26.3. The molecule has 0 aliphatic heterocycles. The quantitative estimate of drug-likeness (QED) is 0.267. The van der Waals surface area contributed by atoms with Crippen LogP contribution < -0.4 is 9.62 Å². The van der Waals surface area contributed by atoms with Crippen molar-refractivity contribution in [3.8, 4) is 0 Å². The Labute approximate surface area is 253 Å². The van der Waals surface area contributed by atoms with Gasteiger partial charge in [0.2, 0.25) is 21.8 Å². The van der Waals surface area contributed by atoms with Gasteiger partial charge in [-0.15, -0.1) is 0 Å². The minimum absolute atomic E-state index is 0.0169. The highest BCUT2D eigenvalue weighted by molar-refractivity contribution is 14.1. The molecule has 0 aliphatic carbocycles. The maximum Gasteiger partial charge on any atom is 0.244 e. The van der Waals surface area contributed by atoms with Crippen molar-refractivity contribution in [1.29, 1.82) is 0 Å². The van der Waals surface area contributed by atoms with Gasteiger partial charge in [-0.1, -0.05) is 59.6 Å². The van der Waals surface area contributed by atoms with Gasteiger partial charge in [-0.25, -0.2) is 8.42 Å². The van der Waals surface area contributed by atoms with Gasteiger partial charge in [0.05, 0.1) is 22.0 Å². The minimum Gasteiger partial charge on any atom is -0.352 e. The van der Waals surface area contributed by atoms with Gasteiger partial charge < -0.3 is 10.2 Å². The Morgan fingerprint density at radius 1 is 0.923 bits per heavy atom. The van der Waals surface area contributed by atoms with Gasteiger partial charge in [0.25, 0.3) is 0 Å². The standard InChI is InChI=1S/C28H30Cl2IN3O4S/c1-19(2)32-28(36)26(16-20-7-5-4-6-8-20)33(17-21-9-14-24(29)25(30)15-21)27(35)18-34(39(3,37)38)23-12-10-22(31)11-13-23/h4-15,19,26H,16-18H2,1-3H3,(H,32,36)/t26-/m0/s1. The van der Waals surface area contributed by atoms with E-state index in [0.717, 1.165) is 19.7 Å². The number of benzene rings is 3. The largest absolute Gasteiger partial charge is 0.352 e. The average Bonchev–Trinajstić information content (AvgIpc) is 2.87. The SMILES string of the molecule is CC(C)NC(=O)[C@H](Cc1ccccc1)N(Cc1ccc(Cl)c(Cl)c1)C(=O)CN(c1ccc(I)cc1)S(C)(=O)=O. The van der Waals surface area contributed by atoms with Crippen LogP contribution in [0.2, 0.25) is 10.0 Å². The first-order chi connectivity index (χ1) is 18.3. The summed E-state index contributed by atoms with van der Waals surface area (Å²) >= 11 is 14.5. The predicted molar refractivity (Wildman–Crippen MR) is 166 cm³/mol. The Balaban J connectivity index is 2.06. The molecule has 0 fully saturated rings. The maximum absolute atomic E-state index is 14.0. The van der Waals surface area contributed by atoms with Crippen molar-refractivity contribution >= 4 is 73.3 Å². The molecule has 1 N–H and O–H groups in total. The number of halogens is 3. The van der Waals surface area contributed by atoms with E-state index in [9.17, 15) is 18.0 Å². The number of hydrogen-bond acceptors (Lipinski definition) is 4. The van der Waals surface area contributed by atoms with E-state index in [1.54, 1.807) is 42.5 Å². The first kappa shape index (κ1) is 31.2. The number of hydrogen-bond donors (Lipinski definition) is 1. The van der Waals surface area contributed by atoms with Crippen molar-refractivity contribution < 1.29 is 18.0 Å². The van der Waals surface area contributed by atoms with Gasteiger partial charge in [0, 0.05) is 22.6 Å². The molecule has 3 rings (SSSR count). The van der Waals surface area contributed by atoms with Crippen LogP contribution in [0.4, 0.5) is 5.69 Å². The first-order valence-corrected chi connectivity index (χ1v) is 15.8. The van der Waals surface area contributed by atoms with E-state index < -0.39 is 28.5 Å². The van der Waals surface area contributed by atoms with E-state index in [4.69, 9.17) is 23.2 Å². The van der Waals surface area contributed by atoms with Gasteiger partial charge >= 0.3 is 0 Å². The number of anilines is 1. The van der Waals surface area contributed by atoms with Gasteiger partial charge in [0.1, 0.15) is 12.6 Å². The van der Waals surface area contributed by atoms with Crippen LogP contribution >= 0.6 is 45.8 Å². The summed E-state index contributed by atoms with van der Waals surface area (Å²) in [6.07, 6.45) is 1.28. The van der Waals surface area contributed by atoms with Crippen LogP contribution in [0, 0.1) is 3.57 Å². The smallest absolute Gasteiger partial charge is 0.244 e. The highest BCUT2D eigenvalue weighted by Gasteiger charge is 2.33. The molecule has 0 unspecified atom stereocenters. The summed E-state index contributed by atoms with van der Waals surface area (Å²) in [6.45, 7) is 3.21. The van der Waals surface area contributed by atoms with Crippen LogP contribution in [0.25, 0.3) is 0 Å². The zero-order chi connectivity index (χ0) is 28.7. The number of amides is 2. The molecule has 1 atom stereocenters. The molecule has 39 heavy (non-hydrogen) atoms. The fourth-order valence-corrected chi connectivity index (χ4v) is 5.52. The molecule has 2 amide bonds. The molecule has 0 saturated heterocycles. The molecule has 0 radical (unpaired) electrons. The second kappa shape index (κ2) is 13.8. The van der Waals surface area contributed by atoms with E-state index in [1.807, 2.05) is 44.2 Å². The third kappa shape index (κ3) is 9.09. The molecule has 0 bridgehead atoms. The van der Waals surface area contributed by atoms with Crippen LogP contribution in [0.15, 0.2) is 72.8 Å². The van der Waals surface area contributed by atoms with Crippen molar-refractivity contribution in [2.75, 3.05) is 17.1 Å². The monoisotopic (exact) mass is 701 g/mol. The fraction of sp³-hybridized carbons (Fsp3) is 0.286. The molecule has 208 valence electrons. The van der Waals surface area contributed by atoms with E-state index >= 15 is 0 Å². The summed E-state index contributed by atoms with van der Waals surface area (Å²) in [5.74, 6) is -0.882. The predicted octanol–water partition coefficient (Wildman–Crippen LogP) is 5.53. The summed E-state index contributed by atoms with van der Waals surface area (Å²) in [7, 11) is -3.82. The number of nitrogens with one attached hydrogen (secondary N) is 1. The molecule has 3 aromatic carbocycles. The molecule has 0 aromatic heterocycles. The molecular formula is C28H30Cl2IN3O4S. The van der Waals surface area contributed by atoms with Gasteiger partial charge in [-0.05, 0) is 84.0 Å². The third-order valence-corrected chi connectivity index (χ3v) is 8.43. The Morgan fingerprint density at radius 2 is 1.56 bits per heavy atom. The van der Waals surface area contributed by atoms with Crippen molar-refractivity contribution in [3.05, 3.63) is 97.5 Å². The van der Waals surface area contributed by atoms with Crippen LogP contribution in [-0.2, 0) is 32.6 Å². The normalized spacial score (nSPS) is 12.2. The number of rotatable bonds is 11. The van der Waals surface area contributed by atoms with E-state index in [0.29, 0.717) is 21.3 Å². The molecule has 7 nitrogen and oxygen atoms in total. The summed E-state index contributed by atoms with van der Waals surface area (Å²) in [5.41, 5.74) is 1.85. The number of carbonyl (C=O) groups excluding carboxylic acids is 2. The lowest BCUT2D eigenvalue weighted by molar-refractivity contribution is -0.140. The highest BCUT2D eigenvalue weighted by atomic mass is 127. The Morgan fingerprint density at radius 3 is 2.13 bits per heavy atom. The second-order valence-electron chi connectivity index (χ2n) is 9.38. The molecule has 0 aliphatic rings. The second-order valence-corrected chi connectivity index (χ2v) is 13.4. The lowest BCUT2D eigenvalue weighted by Crippen LogP contribution is -2.54. The van der Waals surface area contributed by atoms with Crippen LogP contribution in [0.1, 0.15) is 25.0 Å². The van der Waals surface area contributed by atoms with Crippen molar-refractivity contribution in [1.82, 2.24) is 10.2 Å². The summed E-state index contributed by atoms with van der Waals surface area (Å²) < 4.78 is 27.6. The van der Waals surface area contributed by atoms with Crippen molar-refractivity contribution in [2.24, 2.45) is 0 Å². The number of nitrogens with zero attached hydrogens (tertiary/aromatic N) is 2. The van der Waals surface area contributed by atoms with Crippen LogP contribution in [0.5, 0.6) is 0 Å². The Kier molecular flexibility index (Phi) is 11.1. The van der Waals surface area contributed by atoms with Gasteiger partial charge in [-0.3, -0.25) is 13.9 Å². The Hall–Kier alpha value is -2.34. The number of carbonyl (C=O) groups is 2. The summed E-state index contributed by atoms with van der Waals surface area (Å²) in [6, 6.07) is 20.1. The molecule has 0 saturated carbocycles. The average molecular weight is 702 g/mol. The first-order valence-electron chi connectivity index (χ1n) is 12.2. The topological polar surface area (TPSA) is 86.8 Å². The molecular weight excluding hydrogens is 672 g/mol. The Bertz CT molecular complexity index is 1400. The van der Waals surface area contributed by atoms with Crippen LogP contribution in [-0.4, -0.2) is 50.0 Å². The van der Waals surface area contributed by atoms with Crippen molar-refractivity contribution in [3.63, 3.8) is 0 Å². The molecule has 3 aromatic rings. The van der Waals surface area contributed by atoms with E-state index in [1.165, 1.54) is 4.90 Å². The van der Waals surface area contributed by atoms with E-state index in [-0.39, 0.29) is 24.9 Å². The molecule has 0 heterocycles. The molecule has 11 heteroatoms. The van der Waals surface area contributed by atoms with Gasteiger partial charge in [-0.2, -0.15) is 0 Å². The molecule has 0 spiro atoms. The van der Waals surface area contributed by atoms with Gasteiger partial charge in [0.15, 0.2) is 0 Å². The van der Waals surface area contributed by atoms with Crippen molar-refractivity contribution in [2.45, 2.75) is 38.9 Å². The minimum atomic E-state index is -3.82. The number of sulfonamides is 1. The summed E-state index contributed by atoms with van der Waals surface area (Å²) in [4.78, 5) is 28.9. The maximum atomic E-state index is 14.0. The van der Waals surface area contributed by atoms with Crippen LogP contribution in [0.3, 0.4) is 0 Å². The highest BCUT2D eigenvalue weighted by Crippen LogP contribution is 2.25. The zero-order valence-electron chi connectivity index (χ0n) is 21.8. The summed E-state index contributed by atoms with van der Waals surface area (Å²) in [5, 5.41) is 3.58. The lowest BCUT2D eigenvalue weighted by atomic mass is 10.0. The third-order valence-electron chi connectivity index (χ3n) is 5.83.